The Morgan fingerprint density at radius 3 is 1.66 bits per heavy atom. The van der Waals surface area contributed by atoms with E-state index in [1.165, 1.54) is 105 Å². The summed E-state index contributed by atoms with van der Waals surface area (Å²) in [5, 5.41) is 12.1. The van der Waals surface area contributed by atoms with Crippen LogP contribution >= 0.6 is 11.3 Å². The number of ketones is 1. The van der Waals surface area contributed by atoms with Gasteiger partial charge in [-0.25, -0.2) is 4.98 Å². The SMILES string of the molecule is CC(C)(C)c1cc(-c2cc(-c3ccc4c(c3)-c3ccccc3-c3ccccc3-c3ccccc3-4)ccn2)[c-]c2ccccc12.CCC(CC)C(=O)/C=C(\O)C(CC)CC.Cc1[c-]c(-c2ncnc3c(C)c(-c4c(C)cc(C)cc4C)sc23)cc(C)c1.[Ir]. The predicted octanol–water partition coefficient (Wildman–Crippen LogP) is 22.2. The van der Waals surface area contributed by atoms with E-state index in [1.807, 2.05) is 33.9 Å². The number of benzene rings is 8. The zero-order valence-corrected chi connectivity index (χ0v) is 55.9. The second-order valence-electron chi connectivity index (χ2n) is 24.2. The van der Waals surface area contributed by atoms with Crippen LogP contribution in [0, 0.1) is 65.5 Å². The van der Waals surface area contributed by atoms with Gasteiger partial charge in [-0.05, 0) is 149 Å². The van der Waals surface area contributed by atoms with Crippen molar-refractivity contribution < 1.29 is 30.0 Å². The third kappa shape index (κ3) is 13.5. The number of carbonyl (C=O) groups excluding carboxylic acids is 1. The molecule has 12 rings (SSSR count). The molecule has 0 spiro atoms. The normalized spacial score (nSPS) is 11.7. The van der Waals surface area contributed by atoms with Gasteiger partial charge in [-0.1, -0.05) is 200 Å². The largest absolute Gasteiger partial charge is 0.512 e. The summed E-state index contributed by atoms with van der Waals surface area (Å²) >= 11 is 1.80. The number of aromatic nitrogens is 3. The Kier molecular flexibility index (Phi) is 20.0. The molecule has 0 aliphatic heterocycles. The van der Waals surface area contributed by atoms with Crippen LogP contribution in [0.2, 0.25) is 0 Å². The van der Waals surface area contributed by atoms with Crippen LogP contribution in [-0.2, 0) is 30.3 Å². The molecule has 1 aliphatic carbocycles. The van der Waals surface area contributed by atoms with E-state index in [0.29, 0.717) is 0 Å². The first kappa shape index (κ1) is 63.6. The van der Waals surface area contributed by atoms with E-state index in [0.717, 1.165) is 74.9 Å². The maximum absolute atomic E-state index is 11.7. The van der Waals surface area contributed by atoms with Crippen molar-refractivity contribution in [3.8, 4) is 88.6 Å². The van der Waals surface area contributed by atoms with E-state index in [4.69, 9.17) is 4.98 Å². The number of fused-ring (bicyclic) bond motifs is 10. The molecule has 3 heterocycles. The summed E-state index contributed by atoms with van der Waals surface area (Å²) in [6, 6.07) is 64.4. The minimum absolute atomic E-state index is 0. The summed E-state index contributed by atoms with van der Waals surface area (Å²) in [5.41, 5.74) is 27.6. The number of aliphatic hydroxyl groups is 1. The summed E-state index contributed by atoms with van der Waals surface area (Å²) in [7, 11) is 0. The molecule has 1 radical (unpaired) electrons. The molecule has 0 atom stereocenters. The standard InChI is InChI=1S/C43H32N.C24H23N2S.C13H24O2.Ir/c1-43(2,3)41-26-31(24-30-12-4-5-13-32(30)41)42-27-29(22-23-44-42)28-20-21-39-37-18-9-8-16-35(37)33-14-6-7-15-34(33)36-17-10-11-19-38(36)40(39)25-28;1-13-7-14(2)11-19(10-13)22-24-21(25-12-26-22)18(6)23(27-24)20-16(4)8-15(3)9-17(20)5;1-5-10(6-2)12(14)9-13(15)11(7-3)8-4;/h4-23,25-27H,1-3H3;7-10,12H,1-6H3;9-11,14H,5-8H2,1-4H3;/q2*-1;;/b;;12-9-;. The van der Waals surface area contributed by atoms with Gasteiger partial charge in [0.1, 0.15) is 6.33 Å². The molecule has 8 aromatic carbocycles. The fourth-order valence-electron chi connectivity index (χ4n) is 12.6. The summed E-state index contributed by atoms with van der Waals surface area (Å²) in [4.78, 5) is 27.1. The molecule has 5 nitrogen and oxygen atoms in total. The van der Waals surface area contributed by atoms with Gasteiger partial charge in [-0.3, -0.25) is 14.8 Å². The molecule has 3 aromatic heterocycles. The van der Waals surface area contributed by atoms with E-state index < -0.39 is 0 Å². The molecule has 7 heteroatoms. The quantitative estimate of drug-likeness (QED) is 0.0793. The molecule has 0 fully saturated rings. The van der Waals surface area contributed by atoms with Crippen molar-refractivity contribution in [1.82, 2.24) is 15.0 Å². The van der Waals surface area contributed by atoms with Crippen LogP contribution in [0.3, 0.4) is 0 Å². The summed E-state index contributed by atoms with van der Waals surface area (Å²) < 4.78 is 1.14. The number of thiophene rings is 1. The van der Waals surface area contributed by atoms with Gasteiger partial charge in [-0.2, -0.15) is 0 Å². The number of hydrogen-bond donors (Lipinski definition) is 1. The number of carbonyl (C=O) groups is 1. The first-order valence-electron chi connectivity index (χ1n) is 30.5. The van der Waals surface area contributed by atoms with Gasteiger partial charge in [0.2, 0.25) is 0 Å². The van der Waals surface area contributed by atoms with Crippen molar-refractivity contribution in [2.24, 2.45) is 11.8 Å². The molecular weight excluding hydrogens is 1260 g/mol. The van der Waals surface area contributed by atoms with E-state index in [-0.39, 0.29) is 48.9 Å². The molecule has 1 N–H and O–H groups in total. The molecular formula is C80H79IrN3O2S-2. The minimum Gasteiger partial charge on any atom is -0.512 e. The average molecular weight is 1340 g/mol. The Morgan fingerprint density at radius 1 is 0.563 bits per heavy atom. The average Bonchev–Trinajstić information content (AvgIpc) is 1.61. The number of aryl methyl sites for hydroxylation is 6. The second kappa shape index (κ2) is 27.4. The predicted molar refractivity (Wildman–Crippen MR) is 365 cm³/mol. The maximum Gasteiger partial charge on any atom is 0.162 e. The molecule has 11 aromatic rings. The molecule has 443 valence electrons. The Hall–Kier alpha value is -7.93. The molecule has 0 saturated carbocycles. The number of rotatable bonds is 11. The van der Waals surface area contributed by atoms with Gasteiger partial charge in [-0.15, -0.1) is 75.4 Å². The van der Waals surface area contributed by atoms with Gasteiger partial charge >= 0.3 is 0 Å². The van der Waals surface area contributed by atoms with Crippen molar-refractivity contribution in [1.29, 1.82) is 0 Å². The molecule has 1 aliphatic rings. The van der Waals surface area contributed by atoms with E-state index >= 15 is 0 Å². The summed E-state index contributed by atoms with van der Waals surface area (Å²) in [6.07, 6.45) is 8.52. The summed E-state index contributed by atoms with van der Waals surface area (Å²) in [6.45, 7) is 27.8. The molecule has 0 amide bonds. The van der Waals surface area contributed by atoms with E-state index in [9.17, 15) is 9.90 Å². The Balaban J connectivity index is 0.000000179. The van der Waals surface area contributed by atoms with Crippen LogP contribution in [-0.4, -0.2) is 25.8 Å². The van der Waals surface area contributed by atoms with Crippen LogP contribution in [0.5, 0.6) is 0 Å². The van der Waals surface area contributed by atoms with Crippen molar-refractivity contribution in [3.63, 3.8) is 0 Å². The second-order valence-corrected chi connectivity index (χ2v) is 25.2. The zero-order valence-electron chi connectivity index (χ0n) is 52.7. The third-order valence-corrected chi connectivity index (χ3v) is 18.3. The number of allylic oxidation sites excluding steroid dienone is 2. The fraction of sp³-hybridized carbons (Fsp3) is 0.250. The van der Waals surface area contributed by atoms with Crippen LogP contribution in [0.1, 0.15) is 113 Å². The fourth-order valence-corrected chi connectivity index (χ4v) is 14.0. The van der Waals surface area contributed by atoms with Crippen molar-refractivity contribution in [2.45, 2.75) is 121 Å². The smallest absolute Gasteiger partial charge is 0.162 e. The van der Waals surface area contributed by atoms with Gasteiger partial charge < -0.3 is 5.11 Å². The number of nitrogens with zero attached hydrogens (tertiary/aromatic N) is 3. The molecule has 87 heavy (non-hydrogen) atoms. The van der Waals surface area contributed by atoms with Crippen LogP contribution in [0.4, 0.5) is 0 Å². The number of hydrogen-bond acceptors (Lipinski definition) is 6. The van der Waals surface area contributed by atoms with E-state index in [2.05, 4.69) is 242 Å². The van der Waals surface area contributed by atoms with Gasteiger partial charge in [0.15, 0.2) is 5.78 Å². The molecule has 0 bridgehead atoms. The maximum atomic E-state index is 11.7. The van der Waals surface area contributed by atoms with Crippen LogP contribution in [0.15, 0.2) is 182 Å². The van der Waals surface area contributed by atoms with Crippen molar-refractivity contribution >= 4 is 38.1 Å². The Bertz CT molecular complexity index is 4290. The van der Waals surface area contributed by atoms with Gasteiger partial charge in [0.05, 0.1) is 11.3 Å². The van der Waals surface area contributed by atoms with Crippen molar-refractivity contribution in [3.05, 3.63) is 233 Å². The summed E-state index contributed by atoms with van der Waals surface area (Å²) in [5.74, 6) is 0.547. The first-order valence-corrected chi connectivity index (χ1v) is 31.3. The minimum atomic E-state index is -0.000912. The number of pyridine rings is 1. The van der Waals surface area contributed by atoms with Gasteiger partial charge in [0.25, 0.3) is 0 Å². The number of aliphatic hydroxyl groups excluding tert-OH is 1. The molecule has 0 unspecified atom stereocenters. The van der Waals surface area contributed by atoms with Gasteiger partial charge in [0, 0.05) is 65.2 Å². The Morgan fingerprint density at radius 2 is 1.09 bits per heavy atom. The molecule has 0 saturated heterocycles. The Labute approximate surface area is 534 Å². The zero-order chi connectivity index (χ0) is 61.0. The van der Waals surface area contributed by atoms with Crippen molar-refractivity contribution in [2.75, 3.05) is 0 Å². The van der Waals surface area contributed by atoms with Crippen LogP contribution < -0.4 is 0 Å². The van der Waals surface area contributed by atoms with E-state index in [1.54, 1.807) is 17.7 Å². The first-order chi connectivity index (χ1) is 41.4. The third-order valence-electron chi connectivity index (χ3n) is 17.0. The monoisotopic (exact) mass is 1340 g/mol. The van der Waals surface area contributed by atoms with Crippen LogP contribution in [0.25, 0.3) is 110 Å². The topological polar surface area (TPSA) is 76.0 Å².